The highest BCUT2D eigenvalue weighted by Crippen LogP contribution is 2.34. The molecule has 1 aromatic heterocycles. The van der Waals surface area contributed by atoms with Gasteiger partial charge in [0.05, 0.1) is 12.8 Å². The second kappa shape index (κ2) is 5.64. The minimum absolute atomic E-state index is 0.388. The van der Waals surface area contributed by atoms with E-state index in [0.29, 0.717) is 11.9 Å². The van der Waals surface area contributed by atoms with Gasteiger partial charge in [-0.1, -0.05) is 24.3 Å². The molecule has 1 aromatic carbocycles. The lowest BCUT2D eigenvalue weighted by atomic mass is 10.1. The van der Waals surface area contributed by atoms with Gasteiger partial charge in [0.25, 0.3) is 0 Å². The Hall–Kier alpha value is -2.23. The fourth-order valence-corrected chi connectivity index (χ4v) is 2.96. The van der Waals surface area contributed by atoms with Crippen LogP contribution in [0.15, 0.2) is 36.5 Å². The molecule has 0 saturated heterocycles. The first-order valence-corrected chi connectivity index (χ1v) is 7.22. The van der Waals surface area contributed by atoms with Crippen LogP contribution in [0.2, 0.25) is 0 Å². The van der Waals surface area contributed by atoms with E-state index in [1.54, 1.807) is 13.3 Å². The SMILES string of the molecule is COc1nccc(N(C)C)c1NC1Cc2ccccc2C1. The number of methoxy groups -OCH3 is 1. The van der Waals surface area contributed by atoms with Crippen molar-refractivity contribution in [3.05, 3.63) is 47.7 Å². The van der Waals surface area contributed by atoms with Gasteiger partial charge >= 0.3 is 0 Å². The second-order valence-corrected chi connectivity index (χ2v) is 5.63. The molecule has 0 amide bonds. The number of benzene rings is 1. The van der Waals surface area contributed by atoms with Crippen molar-refractivity contribution in [2.24, 2.45) is 0 Å². The van der Waals surface area contributed by atoms with Gasteiger partial charge in [0.15, 0.2) is 0 Å². The van der Waals surface area contributed by atoms with Crippen LogP contribution in [0.4, 0.5) is 11.4 Å². The Bertz CT molecular complexity index is 615. The molecule has 0 aliphatic heterocycles. The van der Waals surface area contributed by atoms with Gasteiger partial charge in [-0.3, -0.25) is 0 Å². The summed E-state index contributed by atoms with van der Waals surface area (Å²) in [6.07, 6.45) is 3.87. The van der Waals surface area contributed by atoms with Crippen molar-refractivity contribution in [1.29, 1.82) is 0 Å². The van der Waals surface area contributed by atoms with E-state index in [0.717, 1.165) is 24.2 Å². The Morgan fingerprint density at radius 2 is 1.81 bits per heavy atom. The van der Waals surface area contributed by atoms with Crippen LogP contribution in [0.1, 0.15) is 11.1 Å². The standard InChI is InChI=1S/C17H21N3O/c1-20(2)15-8-9-18-17(21-3)16(15)19-14-10-12-6-4-5-7-13(12)11-14/h4-9,14,19H,10-11H2,1-3H3. The molecule has 1 aliphatic rings. The topological polar surface area (TPSA) is 37.4 Å². The van der Waals surface area contributed by atoms with Gasteiger partial charge in [0, 0.05) is 26.3 Å². The van der Waals surface area contributed by atoms with Crippen LogP contribution in [0.5, 0.6) is 5.88 Å². The van der Waals surface area contributed by atoms with E-state index in [4.69, 9.17) is 4.74 Å². The highest BCUT2D eigenvalue weighted by molar-refractivity contribution is 5.74. The molecule has 0 bridgehead atoms. The number of aromatic nitrogens is 1. The molecule has 1 N–H and O–H groups in total. The van der Waals surface area contributed by atoms with Crippen LogP contribution in [0, 0.1) is 0 Å². The molecule has 2 aromatic rings. The van der Waals surface area contributed by atoms with Crippen molar-refractivity contribution in [3.63, 3.8) is 0 Å². The van der Waals surface area contributed by atoms with Gasteiger partial charge in [-0.2, -0.15) is 0 Å². The van der Waals surface area contributed by atoms with E-state index in [1.165, 1.54) is 11.1 Å². The van der Waals surface area contributed by atoms with Crippen molar-refractivity contribution in [2.45, 2.75) is 18.9 Å². The molecule has 21 heavy (non-hydrogen) atoms. The molecular weight excluding hydrogens is 262 g/mol. The Morgan fingerprint density at radius 1 is 1.14 bits per heavy atom. The number of rotatable bonds is 4. The molecule has 1 aliphatic carbocycles. The first-order chi connectivity index (χ1) is 10.2. The van der Waals surface area contributed by atoms with Gasteiger partial charge in [-0.15, -0.1) is 0 Å². The third kappa shape index (κ3) is 2.66. The summed E-state index contributed by atoms with van der Waals surface area (Å²) < 4.78 is 5.42. The number of hydrogen-bond donors (Lipinski definition) is 1. The van der Waals surface area contributed by atoms with Gasteiger partial charge in [0.1, 0.15) is 5.69 Å². The molecular formula is C17H21N3O. The van der Waals surface area contributed by atoms with E-state index in [2.05, 4.69) is 39.5 Å². The number of anilines is 2. The Morgan fingerprint density at radius 3 is 2.38 bits per heavy atom. The first kappa shape index (κ1) is 13.7. The molecule has 0 fully saturated rings. The van der Waals surface area contributed by atoms with Crippen LogP contribution >= 0.6 is 0 Å². The van der Waals surface area contributed by atoms with Crippen LogP contribution in [0.3, 0.4) is 0 Å². The predicted molar refractivity (Wildman–Crippen MR) is 86.4 cm³/mol. The molecule has 110 valence electrons. The molecule has 1 heterocycles. The van der Waals surface area contributed by atoms with Crippen LogP contribution < -0.4 is 15.0 Å². The Labute approximate surface area is 125 Å². The predicted octanol–water partition coefficient (Wildman–Crippen LogP) is 2.74. The first-order valence-electron chi connectivity index (χ1n) is 7.22. The summed E-state index contributed by atoms with van der Waals surface area (Å²) >= 11 is 0. The maximum Gasteiger partial charge on any atom is 0.239 e. The van der Waals surface area contributed by atoms with E-state index >= 15 is 0 Å². The van der Waals surface area contributed by atoms with Crippen molar-refractivity contribution in [1.82, 2.24) is 4.98 Å². The number of ether oxygens (including phenoxy) is 1. The number of fused-ring (bicyclic) bond motifs is 1. The zero-order chi connectivity index (χ0) is 14.8. The summed E-state index contributed by atoms with van der Waals surface area (Å²) in [5.74, 6) is 0.650. The van der Waals surface area contributed by atoms with E-state index in [-0.39, 0.29) is 0 Å². The molecule has 0 atom stereocenters. The molecule has 3 rings (SSSR count). The lowest BCUT2D eigenvalue weighted by Crippen LogP contribution is -2.22. The molecule has 4 heteroatoms. The van der Waals surface area contributed by atoms with Crippen molar-refractivity contribution in [3.8, 4) is 5.88 Å². The van der Waals surface area contributed by atoms with E-state index < -0.39 is 0 Å². The van der Waals surface area contributed by atoms with Crippen molar-refractivity contribution in [2.75, 3.05) is 31.4 Å². The van der Waals surface area contributed by atoms with Gasteiger partial charge in [-0.25, -0.2) is 4.98 Å². The molecule has 4 nitrogen and oxygen atoms in total. The van der Waals surface area contributed by atoms with Gasteiger partial charge in [0.2, 0.25) is 5.88 Å². The van der Waals surface area contributed by atoms with E-state index in [1.807, 2.05) is 20.2 Å². The summed E-state index contributed by atoms with van der Waals surface area (Å²) in [5, 5.41) is 3.63. The van der Waals surface area contributed by atoms with Crippen molar-refractivity contribution >= 4 is 11.4 Å². The fourth-order valence-electron chi connectivity index (χ4n) is 2.96. The normalized spacial score (nSPS) is 13.9. The molecule has 0 radical (unpaired) electrons. The van der Waals surface area contributed by atoms with Crippen LogP contribution in [-0.2, 0) is 12.8 Å². The molecule has 0 spiro atoms. The summed E-state index contributed by atoms with van der Waals surface area (Å²) in [5.41, 5.74) is 4.94. The fraction of sp³-hybridized carbons (Fsp3) is 0.353. The monoisotopic (exact) mass is 283 g/mol. The number of nitrogens with zero attached hydrogens (tertiary/aromatic N) is 2. The summed E-state index contributed by atoms with van der Waals surface area (Å²) in [4.78, 5) is 6.40. The average Bonchev–Trinajstić information content (AvgIpc) is 2.89. The minimum Gasteiger partial charge on any atom is -0.479 e. The lowest BCUT2D eigenvalue weighted by molar-refractivity contribution is 0.399. The zero-order valence-electron chi connectivity index (χ0n) is 12.8. The van der Waals surface area contributed by atoms with Crippen molar-refractivity contribution < 1.29 is 4.74 Å². The third-order valence-electron chi connectivity index (χ3n) is 3.97. The van der Waals surface area contributed by atoms with Gasteiger partial charge < -0.3 is 15.0 Å². The maximum atomic E-state index is 5.42. The summed E-state index contributed by atoms with van der Waals surface area (Å²) in [7, 11) is 5.73. The van der Waals surface area contributed by atoms with Crippen LogP contribution in [-0.4, -0.2) is 32.2 Å². The quantitative estimate of drug-likeness (QED) is 0.936. The smallest absolute Gasteiger partial charge is 0.239 e. The zero-order valence-corrected chi connectivity index (χ0v) is 12.8. The lowest BCUT2D eigenvalue weighted by Gasteiger charge is -2.22. The average molecular weight is 283 g/mol. The molecule has 0 unspecified atom stereocenters. The third-order valence-corrected chi connectivity index (χ3v) is 3.97. The Balaban J connectivity index is 1.86. The number of nitrogens with one attached hydrogen (secondary N) is 1. The summed E-state index contributed by atoms with van der Waals surface area (Å²) in [6.45, 7) is 0. The number of pyridine rings is 1. The molecule has 0 saturated carbocycles. The second-order valence-electron chi connectivity index (χ2n) is 5.63. The highest BCUT2D eigenvalue weighted by atomic mass is 16.5. The summed E-state index contributed by atoms with van der Waals surface area (Å²) in [6, 6.07) is 11.0. The Kier molecular flexibility index (Phi) is 3.69. The number of hydrogen-bond acceptors (Lipinski definition) is 4. The minimum atomic E-state index is 0.388. The highest BCUT2D eigenvalue weighted by Gasteiger charge is 2.23. The largest absolute Gasteiger partial charge is 0.479 e. The maximum absolute atomic E-state index is 5.42. The van der Waals surface area contributed by atoms with Gasteiger partial charge in [-0.05, 0) is 30.0 Å². The van der Waals surface area contributed by atoms with E-state index in [9.17, 15) is 0 Å². The van der Waals surface area contributed by atoms with Crippen LogP contribution in [0.25, 0.3) is 0 Å².